The third-order valence-electron chi connectivity index (χ3n) is 3.63. The minimum atomic E-state index is -0.520. The van der Waals surface area contributed by atoms with Gasteiger partial charge in [0.25, 0.3) is 0 Å². The van der Waals surface area contributed by atoms with Crippen LogP contribution in [0.4, 0.5) is 11.5 Å². The van der Waals surface area contributed by atoms with Gasteiger partial charge in [0.1, 0.15) is 12.4 Å². The highest BCUT2D eigenvalue weighted by Crippen LogP contribution is 2.27. The summed E-state index contributed by atoms with van der Waals surface area (Å²) in [5.41, 5.74) is 4.22. The van der Waals surface area contributed by atoms with Crippen LogP contribution >= 0.6 is 27.5 Å². The number of nitrogens with zero attached hydrogens (tertiary/aromatic N) is 3. The van der Waals surface area contributed by atoms with E-state index >= 15 is 0 Å². The fraction of sp³-hybridized carbons (Fsp3) is 0.0526. The van der Waals surface area contributed by atoms with E-state index in [1.807, 2.05) is 42.5 Å². The Morgan fingerprint density at radius 1 is 1.25 bits per heavy atom. The van der Waals surface area contributed by atoms with Crippen molar-refractivity contribution in [2.24, 2.45) is 5.10 Å². The third-order valence-corrected chi connectivity index (χ3v) is 4.50. The highest BCUT2D eigenvalue weighted by molar-refractivity contribution is 9.10. The molecule has 0 aliphatic rings. The van der Waals surface area contributed by atoms with Crippen LogP contribution in [-0.2, 0) is 6.61 Å². The second-order valence-corrected chi connectivity index (χ2v) is 6.89. The van der Waals surface area contributed by atoms with Gasteiger partial charge in [-0.3, -0.25) is 15.5 Å². The van der Waals surface area contributed by atoms with Gasteiger partial charge in [-0.1, -0.05) is 23.7 Å². The summed E-state index contributed by atoms with van der Waals surface area (Å²) in [4.78, 5) is 14.4. The molecule has 3 aromatic rings. The van der Waals surface area contributed by atoms with Crippen molar-refractivity contribution < 1.29 is 9.66 Å². The molecule has 0 amide bonds. The molecule has 0 spiro atoms. The van der Waals surface area contributed by atoms with Gasteiger partial charge in [0.15, 0.2) is 0 Å². The van der Waals surface area contributed by atoms with E-state index in [9.17, 15) is 10.1 Å². The smallest absolute Gasteiger partial charge is 0.313 e. The van der Waals surface area contributed by atoms with Gasteiger partial charge in [-0.2, -0.15) is 5.10 Å². The van der Waals surface area contributed by atoms with E-state index in [0.29, 0.717) is 17.4 Å². The largest absolute Gasteiger partial charge is 0.488 e. The first-order valence-corrected chi connectivity index (χ1v) is 9.25. The van der Waals surface area contributed by atoms with Gasteiger partial charge in [0, 0.05) is 17.3 Å². The Kier molecular flexibility index (Phi) is 6.57. The zero-order chi connectivity index (χ0) is 19.9. The van der Waals surface area contributed by atoms with Crippen molar-refractivity contribution in [3.63, 3.8) is 0 Å². The number of pyridine rings is 1. The molecule has 9 heteroatoms. The van der Waals surface area contributed by atoms with Crippen LogP contribution in [0.2, 0.25) is 5.02 Å². The van der Waals surface area contributed by atoms with Crippen LogP contribution in [0.1, 0.15) is 11.1 Å². The Bertz CT molecular complexity index is 1010. The molecule has 0 bridgehead atoms. The van der Waals surface area contributed by atoms with Crippen molar-refractivity contribution >= 4 is 45.3 Å². The lowest BCUT2D eigenvalue weighted by atomic mass is 10.2. The maximum absolute atomic E-state index is 11.0. The molecule has 1 heterocycles. The predicted octanol–water partition coefficient (Wildman–Crippen LogP) is 5.43. The van der Waals surface area contributed by atoms with Gasteiger partial charge in [0.05, 0.1) is 15.6 Å². The number of hydrogen-bond donors (Lipinski definition) is 1. The van der Waals surface area contributed by atoms with Crippen molar-refractivity contribution in [3.8, 4) is 5.75 Å². The topological polar surface area (TPSA) is 89.7 Å². The summed E-state index contributed by atoms with van der Waals surface area (Å²) in [6, 6.07) is 15.7. The van der Waals surface area contributed by atoms with Crippen molar-refractivity contribution in [2.45, 2.75) is 6.61 Å². The number of rotatable bonds is 7. The van der Waals surface area contributed by atoms with Crippen LogP contribution in [-0.4, -0.2) is 16.1 Å². The maximum Gasteiger partial charge on any atom is 0.313 e. The van der Waals surface area contributed by atoms with Gasteiger partial charge in [-0.15, -0.1) is 0 Å². The van der Waals surface area contributed by atoms with E-state index in [1.165, 1.54) is 24.5 Å². The first kappa shape index (κ1) is 19.8. The molecular formula is C19H14BrClN4O3. The number of anilines is 1. The Morgan fingerprint density at radius 3 is 2.75 bits per heavy atom. The van der Waals surface area contributed by atoms with Crippen LogP contribution in [0, 0.1) is 10.1 Å². The van der Waals surface area contributed by atoms with E-state index in [0.717, 1.165) is 15.6 Å². The molecule has 0 fully saturated rings. The van der Waals surface area contributed by atoms with Gasteiger partial charge in [-0.05, 0) is 63.5 Å². The highest BCUT2D eigenvalue weighted by atomic mass is 79.9. The maximum atomic E-state index is 11.0. The molecular weight excluding hydrogens is 448 g/mol. The molecule has 1 aromatic heterocycles. The molecule has 3 rings (SSSR count). The summed E-state index contributed by atoms with van der Waals surface area (Å²) in [5.74, 6) is 0.756. The number of nitrogens with one attached hydrogen (secondary N) is 1. The predicted molar refractivity (Wildman–Crippen MR) is 112 cm³/mol. The summed E-state index contributed by atoms with van der Waals surface area (Å²) in [6.45, 7) is 0.411. The second kappa shape index (κ2) is 9.29. The molecule has 0 unspecified atom stereocenters. The van der Waals surface area contributed by atoms with E-state index in [2.05, 4.69) is 31.4 Å². The number of benzene rings is 2. The van der Waals surface area contributed by atoms with Crippen LogP contribution < -0.4 is 10.2 Å². The second-order valence-electron chi connectivity index (χ2n) is 5.60. The molecule has 0 radical (unpaired) electrons. The lowest BCUT2D eigenvalue weighted by Crippen LogP contribution is -1.99. The molecule has 0 aliphatic carbocycles. The van der Waals surface area contributed by atoms with E-state index < -0.39 is 4.92 Å². The summed E-state index contributed by atoms with van der Waals surface area (Å²) in [7, 11) is 0. The number of halogens is 2. The van der Waals surface area contributed by atoms with Gasteiger partial charge in [0.2, 0.25) is 5.82 Å². The summed E-state index contributed by atoms with van der Waals surface area (Å²) in [5, 5.41) is 15.7. The zero-order valence-corrected chi connectivity index (χ0v) is 16.7. The van der Waals surface area contributed by atoms with Crippen molar-refractivity contribution in [2.75, 3.05) is 5.43 Å². The van der Waals surface area contributed by atoms with Crippen molar-refractivity contribution in [1.29, 1.82) is 0 Å². The average molecular weight is 462 g/mol. The van der Waals surface area contributed by atoms with Crippen molar-refractivity contribution in [1.82, 2.24) is 4.98 Å². The summed E-state index contributed by atoms with van der Waals surface area (Å²) >= 11 is 9.34. The van der Waals surface area contributed by atoms with Crippen LogP contribution in [0.25, 0.3) is 0 Å². The number of hydrazone groups is 1. The first-order valence-electron chi connectivity index (χ1n) is 8.08. The molecule has 1 N–H and O–H groups in total. The molecule has 0 atom stereocenters. The highest BCUT2D eigenvalue weighted by Gasteiger charge is 2.12. The molecule has 28 heavy (non-hydrogen) atoms. The van der Waals surface area contributed by atoms with Gasteiger partial charge >= 0.3 is 5.69 Å². The minimum Gasteiger partial charge on any atom is -0.488 e. The van der Waals surface area contributed by atoms with Gasteiger partial charge in [-0.25, -0.2) is 4.98 Å². The van der Waals surface area contributed by atoms with Crippen LogP contribution in [0.3, 0.4) is 0 Å². The number of hydrogen-bond acceptors (Lipinski definition) is 6. The monoisotopic (exact) mass is 460 g/mol. The molecule has 2 aromatic carbocycles. The Balaban J connectivity index is 1.63. The van der Waals surface area contributed by atoms with Crippen molar-refractivity contribution in [3.05, 3.63) is 91.5 Å². The summed E-state index contributed by atoms with van der Waals surface area (Å²) < 4.78 is 6.56. The van der Waals surface area contributed by atoms with E-state index in [1.54, 1.807) is 0 Å². The standard InChI is InChI=1S/C19H14BrClN4O3/c20-16-10-14(11-23-24-19-17(25(26)27)2-1-9-22-19)5-8-18(16)28-12-13-3-6-15(21)7-4-13/h1-11H,12H2,(H,22,24)/b23-11-. The average Bonchev–Trinajstić information content (AvgIpc) is 2.69. The fourth-order valence-electron chi connectivity index (χ4n) is 2.25. The fourth-order valence-corrected chi connectivity index (χ4v) is 2.89. The van der Waals surface area contributed by atoms with E-state index in [-0.39, 0.29) is 11.5 Å². The Morgan fingerprint density at radius 2 is 2.04 bits per heavy atom. The number of aromatic nitrogens is 1. The molecule has 0 saturated heterocycles. The molecule has 0 saturated carbocycles. The normalized spacial score (nSPS) is 10.8. The lowest BCUT2D eigenvalue weighted by Gasteiger charge is -2.09. The van der Waals surface area contributed by atoms with Crippen LogP contribution in [0.5, 0.6) is 5.75 Å². The Labute approximate surface area is 174 Å². The minimum absolute atomic E-state index is 0.0748. The number of nitro groups is 1. The molecule has 0 aliphatic heterocycles. The van der Waals surface area contributed by atoms with Gasteiger partial charge < -0.3 is 4.74 Å². The SMILES string of the molecule is O=[N+]([O-])c1cccnc1N/N=C\c1ccc(OCc2ccc(Cl)cc2)c(Br)c1. The molecule has 7 nitrogen and oxygen atoms in total. The number of ether oxygens (including phenoxy) is 1. The van der Waals surface area contributed by atoms with Crippen LogP contribution in [0.15, 0.2) is 70.4 Å². The summed E-state index contributed by atoms with van der Waals surface area (Å²) in [6.07, 6.45) is 2.99. The van der Waals surface area contributed by atoms with E-state index in [4.69, 9.17) is 16.3 Å². The molecule has 142 valence electrons. The zero-order valence-electron chi connectivity index (χ0n) is 14.4. The Hall–Kier alpha value is -2.97. The quantitative estimate of drug-likeness (QED) is 0.288. The lowest BCUT2D eigenvalue weighted by molar-refractivity contribution is -0.384. The first-order chi connectivity index (χ1) is 13.5. The third kappa shape index (κ3) is 5.28.